The molecule has 2 N–H and O–H groups in total. The Morgan fingerprint density at radius 3 is 2.23 bits per heavy atom. The van der Waals surface area contributed by atoms with Gasteiger partial charge in [0, 0.05) is 24.2 Å². The quantitative estimate of drug-likeness (QED) is 0.634. The number of nitrogens with zero attached hydrogens (tertiary/aromatic N) is 2. The first-order valence-corrected chi connectivity index (χ1v) is 8.71. The van der Waals surface area contributed by atoms with Gasteiger partial charge >= 0.3 is 0 Å². The van der Waals surface area contributed by atoms with Crippen LogP contribution in [0, 0.1) is 6.92 Å². The summed E-state index contributed by atoms with van der Waals surface area (Å²) in [5.41, 5.74) is 2.17. The topological polar surface area (TPSA) is 59.1 Å². The molecule has 0 atom stereocenters. The molecule has 2 aromatic carbocycles. The van der Waals surface area contributed by atoms with Crippen LogP contribution in [0.2, 0.25) is 5.02 Å². The molecular formula is C20H21ClN4O. The maximum absolute atomic E-state index is 6.20. The second kappa shape index (κ2) is 8.54. The fraction of sp³-hybridized carbons (Fsp3) is 0.200. The second-order valence-corrected chi connectivity index (χ2v) is 6.24. The van der Waals surface area contributed by atoms with E-state index < -0.39 is 0 Å². The second-order valence-electron chi connectivity index (χ2n) is 5.83. The van der Waals surface area contributed by atoms with Crippen molar-refractivity contribution in [3.63, 3.8) is 0 Å². The number of ether oxygens (including phenoxy) is 1. The van der Waals surface area contributed by atoms with E-state index in [4.69, 9.17) is 16.3 Å². The molecule has 0 fully saturated rings. The van der Waals surface area contributed by atoms with Crippen LogP contribution in [-0.2, 0) is 13.1 Å². The summed E-state index contributed by atoms with van der Waals surface area (Å²) in [4.78, 5) is 8.88. The Bertz CT molecular complexity index is 868. The summed E-state index contributed by atoms with van der Waals surface area (Å²) >= 11 is 6.20. The number of aromatic nitrogens is 2. The highest BCUT2D eigenvalue weighted by Crippen LogP contribution is 2.18. The molecule has 0 saturated carbocycles. The Kier molecular flexibility index (Phi) is 5.92. The van der Waals surface area contributed by atoms with E-state index in [9.17, 15) is 0 Å². The smallest absolute Gasteiger partial charge is 0.132 e. The summed E-state index contributed by atoms with van der Waals surface area (Å²) in [6.45, 7) is 3.15. The van der Waals surface area contributed by atoms with Gasteiger partial charge in [-0.15, -0.1) is 0 Å². The number of rotatable bonds is 7. The van der Waals surface area contributed by atoms with Gasteiger partial charge in [0.05, 0.1) is 7.11 Å². The number of hydrogen-bond donors (Lipinski definition) is 2. The summed E-state index contributed by atoms with van der Waals surface area (Å²) < 4.78 is 5.18. The van der Waals surface area contributed by atoms with Crippen LogP contribution in [0.1, 0.15) is 17.0 Å². The first kappa shape index (κ1) is 18.0. The molecule has 0 aliphatic heterocycles. The van der Waals surface area contributed by atoms with Crippen molar-refractivity contribution in [2.75, 3.05) is 17.7 Å². The molecule has 6 heteroatoms. The number of hydrogen-bond acceptors (Lipinski definition) is 5. The first-order chi connectivity index (χ1) is 12.6. The van der Waals surface area contributed by atoms with Crippen LogP contribution in [0.15, 0.2) is 54.6 Å². The lowest BCUT2D eigenvalue weighted by molar-refractivity contribution is 0.414. The van der Waals surface area contributed by atoms with Gasteiger partial charge in [-0.25, -0.2) is 9.97 Å². The lowest BCUT2D eigenvalue weighted by Gasteiger charge is -2.11. The Morgan fingerprint density at radius 2 is 1.58 bits per heavy atom. The number of methoxy groups -OCH3 is 1. The van der Waals surface area contributed by atoms with Crippen LogP contribution in [-0.4, -0.2) is 17.1 Å². The van der Waals surface area contributed by atoms with Gasteiger partial charge in [0.25, 0.3) is 0 Å². The first-order valence-electron chi connectivity index (χ1n) is 8.34. The third-order valence-corrected chi connectivity index (χ3v) is 4.26. The SMILES string of the molecule is COc1ccc(CNc2cc(NCc3ccccc3Cl)nc(C)n2)cc1. The summed E-state index contributed by atoms with van der Waals surface area (Å²) in [7, 11) is 1.66. The van der Waals surface area contributed by atoms with Gasteiger partial charge in [-0.1, -0.05) is 41.9 Å². The van der Waals surface area contributed by atoms with Crippen LogP contribution in [0.25, 0.3) is 0 Å². The van der Waals surface area contributed by atoms with Crippen LogP contribution in [0.3, 0.4) is 0 Å². The standard InChI is InChI=1S/C20H21ClN4O/c1-14-24-19(22-12-15-7-9-17(26-2)10-8-15)11-20(25-14)23-13-16-5-3-4-6-18(16)21/h3-11H,12-13H2,1-2H3,(H2,22,23,24,25). The summed E-state index contributed by atoms with van der Waals surface area (Å²) in [5.74, 6) is 3.08. The molecule has 134 valence electrons. The van der Waals surface area contributed by atoms with E-state index in [0.717, 1.165) is 33.5 Å². The van der Waals surface area contributed by atoms with Crippen LogP contribution < -0.4 is 15.4 Å². The minimum atomic E-state index is 0.605. The molecule has 0 radical (unpaired) electrons. The van der Waals surface area contributed by atoms with Crippen LogP contribution in [0.4, 0.5) is 11.6 Å². The maximum atomic E-state index is 6.20. The fourth-order valence-corrected chi connectivity index (χ4v) is 2.71. The van der Waals surface area contributed by atoms with Gasteiger partial charge in [-0.3, -0.25) is 0 Å². The molecule has 3 rings (SSSR count). The minimum absolute atomic E-state index is 0.605. The van der Waals surface area contributed by atoms with Crippen molar-refractivity contribution in [2.24, 2.45) is 0 Å². The van der Waals surface area contributed by atoms with Gasteiger partial charge in [-0.2, -0.15) is 0 Å². The number of benzene rings is 2. The highest BCUT2D eigenvalue weighted by Gasteiger charge is 2.04. The maximum Gasteiger partial charge on any atom is 0.132 e. The van der Waals surface area contributed by atoms with E-state index in [1.165, 1.54) is 0 Å². The molecule has 0 bridgehead atoms. The third-order valence-electron chi connectivity index (χ3n) is 3.89. The Hall–Kier alpha value is -2.79. The minimum Gasteiger partial charge on any atom is -0.497 e. The Balaban J connectivity index is 1.64. The Labute approximate surface area is 158 Å². The lowest BCUT2D eigenvalue weighted by atomic mass is 10.2. The number of anilines is 2. The molecule has 0 aliphatic rings. The predicted molar refractivity (Wildman–Crippen MR) is 106 cm³/mol. The average molecular weight is 369 g/mol. The van der Waals surface area contributed by atoms with E-state index in [1.54, 1.807) is 7.11 Å². The third kappa shape index (κ3) is 4.86. The van der Waals surface area contributed by atoms with Crippen molar-refractivity contribution < 1.29 is 4.74 Å². The van der Waals surface area contributed by atoms with Crippen molar-refractivity contribution in [3.05, 3.63) is 76.6 Å². The molecule has 3 aromatic rings. The zero-order valence-corrected chi connectivity index (χ0v) is 15.5. The van der Waals surface area contributed by atoms with Gasteiger partial charge in [0.15, 0.2) is 0 Å². The molecule has 1 heterocycles. The Morgan fingerprint density at radius 1 is 0.923 bits per heavy atom. The van der Waals surface area contributed by atoms with E-state index in [1.807, 2.05) is 61.5 Å². The molecule has 0 aliphatic carbocycles. The molecule has 1 aromatic heterocycles. The van der Waals surface area contributed by atoms with E-state index in [0.29, 0.717) is 18.9 Å². The van der Waals surface area contributed by atoms with Crippen LogP contribution in [0.5, 0.6) is 5.75 Å². The average Bonchev–Trinajstić information content (AvgIpc) is 2.66. The molecular weight excluding hydrogens is 348 g/mol. The van der Waals surface area contributed by atoms with Crippen molar-refractivity contribution in [1.82, 2.24) is 9.97 Å². The monoisotopic (exact) mass is 368 g/mol. The molecule has 0 spiro atoms. The summed E-state index contributed by atoms with van der Waals surface area (Å²) in [6, 6.07) is 17.6. The summed E-state index contributed by atoms with van der Waals surface area (Å²) in [5, 5.41) is 7.37. The highest BCUT2D eigenvalue weighted by molar-refractivity contribution is 6.31. The summed E-state index contributed by atoms with van der Waals surface area (Å²) in [6.07, 6.45) is 0. The normalized spacial score (nSPS) is 10.4. The van der Waals surface area contributed by atoms with Gasteiger partial charge < -0.3 is 15.4 Å². The zero-order chi connectivity index (χ0) is 18.4. The largest absolute Gasteiger partial charge is 0.497 e. The lowest BCUT2D eigenvalue weighted by Crippen LogP contribution is -2.07. The molecule has 0 saturated heterocycles. The highest BCUT2D eigenvalue weighted by atomic mass is 35.5. The van der Waals surface area contributed by atoms with E-state index in [-0.39, 0.29) is 0 Å². The number of aryl methyl sites for hydroxylation is 1. The van der Waals surface area contributed by atoms with Gasteiger partial charge in [0.2, 0.25) is 0 Å². The molecule has 0 amide bonds. The van der Waals surface area contributed by atoms with Gasteiger partial charge in [-0.05, 0) is 36.2 Å². The van der Waals surface area contributed by atoms with Crippen LogP contribution >= 0.6 is 11.6 Å². The number of nitrogens with one attached hydrogen (secondary N) is 2. The van der Waals surface area contributed by atoms with Crippen molar-refractivity contribution >= 4 is 23.2 Å². The fourth-order valence-electron chi connectivity index (χ4n) is 2.51. The van der Waals surface area contributed by atoms with Gasteiger partial charge in [0.1, 0.15) is 23.2 Å². The number of halogens is 1. The van der Waals surface area contributed by atoms with E-state index in [2.05, 4.69) is 20.6 Å². The van der Waals surface area contributed by atoms with E-state index >= 15 is 0 Å². The zero-order valence-electron chi connectivity index (χ0n) is 14.8. The van der Waals surface area contributed by atoms with Crippen molar-refractivity contribution in [2.45, 2.75) is 20.0 Å². The predicted octanol–water partition coefficient (Wildman–Crippen LogP) is 4.67. The van der Waals surface area contributed by atoms with Crippen molar-refractivity contribution in [1.29, 1.82) is 0 Å². The molecule has 0 unspecified atom stereocenters. The van der Waals surface area contributed by atoms with Crippen molar-refractivity contribution in [3.8, 4) is 5.75 Å². The molecule has 26 heavy (non-hydrogen) atoms. The molecule has 5 nitrogen and oxygen atoms in total.